The summed E-state index contributed by atoms with van der Waals surface area (Å²) in [4.78, 5) is 29.8. The maximum absolute atomic E-state index is 13.2. The zero-order valence-electron chi connectivity index (χ0n) is 18.0. The van der Waals surface area contributed by atoms with E-state index in [2.05, 4.69) is 30.8 Å². The molecule has 0 fully saturated rings. The number of halogens is 1. The Morgan fingerprint density at radius 3 is 2.56 bits per heavy atom. The number of ether oxygens (including phenoxy) is 1. The predicted octanol–water partition coefficient (Wildman–Crippen LogP) is 4.95. The Kier molecular flexibility index (Phi) is 3.91. The van der Waals surface area contributed by atoms with Crippen LogP contribution in [0.3, 0.4) is 0 Å². The van der Waals surface area contributed by atoms with E-state index in [1.807, 2.05) is 42.5 Å². The number of aromatic amines is 1. The minimum atomic E-state index is -0.533. The monoisotopic (exact) mass is 515 g/mol. The Morgan fingerprint density at radius 1 is 1.03 bits per heavy atom. The van der Waals surface area contributed by atoms with Gasteiger partial charge < -0.3 is 19.4 Å². The summed E-state index contributed by atoms with van der Waals surface area (Å²) in [6.45, 7) is 0. The van der Waals surface area contributed by atoms with Crippen LogP contribution in [-0.4, -0.2) is 39.7 Å². The van der Waals surface area contributed by atoms with E-state index in [1.165, 1.54) is 0 Å². The Bertz CT molecular complexity index is 1780. The number of nitrogens with zero attached hydrogens (tertiary/aromatic N) is 1. The number of aliphatic hydroxyl groups is 1. The number of hydrogen-bond donors (Lipinski definition) is 3. The van der Waals surface area contributed by atoms with Gasteiger partial charge in [-0.1, -0.05) is 28.1 Å². The van der Waals surface area contributed by atoms with Gasteiger partial charge in [0.25, 0.3) is 11.8 Å². The van der Waals surface area contributed by atoms with Crippen LogP contribution in [-0.2, 0) is 0 Å². The lowest BCUT2D eigenvalue weighted by Gasteiger charge is -2.16. The average Bonchev–Trinajstić information content (AvgIpc) is 3.55. The summed E-state index contributed by atoms with van der Waals surface area (Å²) in [5, 5.41) is 15.9. The molecule has 0 radical (unpaired) electrons. The van der Waals surface area contributed by atoms with Crippen molar-refractivity contribution in [3.05, 3.63) is 64.1 Å². The molecule has 3 N–H and O–H groups in total. The highest BCUT2D eigenvalue weighted by molar-refractivity contribution is 9.10. The maximum atomic E-state index is 13.2. The maximum Gasteiger partial charge on any atom is 0.259 e. The van der Waals surface area contributed by atoms with Crippen molar-refractivity contribution in [2.45, 2.75) is 18.6 Å². The number of aromatic nitrogens is 2. The predicted molar refractivity (Wildman–Crippen MR) is 134 cm³/mol. The Hall–Kier alpha value is -3.62. The highest BCUT2D eigenvalue weighted by Crippen LogP contribution is 2.46. The molecule has 34 heavy (non-hydrogen) atoms. The summed E-state index contributed by atoms with van der Waals surface area (Å²) >= 11 is 3.57. The minimum Gasteiger partial charge on any atom is -0.497 e. The number of methoxy groups -OCH3 is 1. The summed E-state index contributed by atoms with van der Waals surface area (Å²) in [6.07, 6.45) is 3.81. The molecule has 3 aromatic carbocycles. The van der Waals surface area contributed by atoms with Crippen LogP contribution in [0, 0.1) is 0 Å². The molecule has 2 atom stereocenters. The first kappa shape index (κ1) is 19.8. The molecule has 7 nitrogen and oxygen atoms in total. The number of rotatable bonds is 2. The Balaban J connectivity index is 1.79. The van der Waals surface area contributed by atoms with E-state index in [9.17, 15) is 14.7 Å². The first-order chi connectivity index (χ1) is 16.5. The zero-order chi connectivity index (χ0) is 23.3. The van der Waals surface area contributed by atoms with Gasteiger partial charge >= 0.3 is 0 Å². The van der Waals surface area contributed by atoms with Gasteiger partial charge in [0.2, 0.25) is 0 Å². The topological polar surface area (TPSA) is 96.3 Å². The fourth-order valence-corrected chi connectivity index (χ4v) is 6.01. The van der Waals surface area contributed by atoms with Crippen LogP contribution in [0.15, 0.2) is 53.0 Å². The van der Waals surface area contributed by atoms with Gasteiger partial charge in [0.1, 0.15) is 5.75 Å². The molecule has 5 aromatic rings. The third kappa shape index (κ3) is 2.44. The second-order valence-corrected chi connectivity index (χ2v) is 9.75. The lowest BCUT2D eigenvalue weighted by molar-refractivity contribution is 0.0880. The largest absolute Gasteiger partial charge is 0.497 e. The van der Waals surface area contributed by atoms with E-state index in [4.69, 9.17) is 4.74 Å². The van der Waals surface area contributed by atoms with Crippen molar-refractivity contribution < 1.29 is 19.4 Å². The van der Waals surface area contributed by atoms with Gasteiger partial charge in [-0.3, -0.25) is 14.9 Å². The molecule has 0 spiro atoms. The molecule has 0 saturated heterocycles. The van der Waals surface area contributed by atoms with Crippen LogP contribution in [0.25, 0.3) is 43.6 Å². The quantitative estimate of drug-likeness (QED) is 0.229. The molecule has 168 valence electrons. The summed E-state index contributed by atoms with van der Waals surface area (Å²) < 4.78 is 8.50. The van der Waals surface area contributed by atoms with E-state index >= 15 is 0 Å². The van der Waals surface area contributed by atoms with Gasteiger partial charge in [-0.25, -0.2) is 0 Å². The standard InChI is InChI=1S/C26H18BrN3O4/c1-34-14-5-6-17-15(10-14)19-21-22(26(33)29-25(21)32)20-16-8-11(27)2-7-18(16)30(24(20)23(19)28-17)12-3-4-13(31)9-12/h2-8,10,12-13,28,31H,9H2,1H3,(H,29,32,33)/t12?,13-/m1/s1. The first-order valence-electron chi connectivity index (χ1n) is 11.0. The molecule has 8 heteroatoms. The van der Waals surface area contributed by atoms with Gasteiger partial charge in [-0.15, -0.1) is 0 Å². The number of carbonyl (C=O) groups is 2. The van der Waals surface area contributed by atoms with Gasteiger partial charge in [0.15, 0.2) is 0 Å². The molecule has 1 unspecified atom stereocenters. The van der Waals surface area contributed by atoms with Crippen molar-refractivity contribution in [1.82, 2.24) is 14.9 Å². The van der Waals surface area contributed by atoms with Crippen LogP contribution in [0.5, 0.6) is 5.75 Å². The number of nitrogens with one attached hydrogen (secondary N) is 2. The van der Waals surface area contributed by atoms with Crippen LogP contribution in [0.2, 0.25) is 0 Å². The number of aliphatic hydroxyl groups excluding tert-OH is 1. The molecule has 2 aromatic heterocycles. The molecular weight excluding hydrogens is 498 g/mol. The molecule has 2 aliphatic rings. The molecule has 1 aliphatic heterocycles. The van der Waals surface area contributed by atoms with Gasteiger partial charge in [-0.2, -0.15) is 0 Å². The zero-order valence-corrected chi connectivity index (χ0v) is 19.6. The average molecular weight is 516 g/mol. The summed E-state index contributed by atoms with van der Waals surface area (Å²) in [5.74, 6) is -0.133. The molecular formula is C26H18BrN3O4. The number of amides is 2. The summed E-state index contributed by atoms with van der Waals surface area (Å²) in [5.41, 5.74) is 4.17. The van der Waals surface area contributed by atoms with E-state index in [-0.39, 0.29) is 6.04 Å². The van der Waals surface area contributed by atoms with Crippen LogP contribution in [0.1, 0.15) is 33.2 Å². The molecule has 2 amide bonds. The van der Waals surface area contributed by atoms with Crippen molar-refractivity contribution in [1.29, 1.82) is 0 Å². The highest BCUT2D eigenvalue weighted by atomic mass is 79.9. The number of carbonyl (C=O) groups excluding carboxylic acids is 2. The number of H-pyrrole nitrogens is 1. The minimum absolute atomic E-state index is 0.0986. The lowest BCUT2D eigenvalue weighted by Crippen LogP contribution is -2.20. The van der Waals surface area contributed by atoms with Crippen molar-refractivity contribution >= 4 is 71.4 Å². The third-order valence-corrected chi connectivity index (χ3v) is 7.50. The second kappa shape index (κ2) is 6.71. The molecule has 1 aliphatic carbocycles. The molecule has 3 heterocycles. The van der Waals surface area contributed by atoms with Gasteiger partial charge in [0.05, 0.1) is 41.4 Å². The Morgan fingerprint density at radius 2 is 1.82 bits per heavy atom. The number of imide groups is 1. The van der Waals surface area contributed by atoms with E-state index in [1.54, 1.807) is 13.2 Å². The SMILES string of the molecule is COc1ccc2[nH]c3c(c4c(c5c6cc(Br)ccc6n(C6C=C[C@@H](O)C6)c35)C(=O)NC4=O)c2c1. The van der Waals surface area contributed by atoms with Crippen LogP contribution < -0.4 is 10.1 Å². The molecule has 7 rings (SSSR count). The van der Waals surface area contributed by atoms with Crippen molar-refractivity contribution in [2.75, 3.05) is 7.11 Å². The van der Waals surface area contributed by atoms with Crippen LogP contribution in [0.4, 0.5) is 0 Å². The van der Waals surface area contributed by atoms with Crippen molar-refractivity contribution in [3.8, 4) is 5.75 Å². The smallest absolute Gasteiger partial charge is 0.259 e. The highest BCUT2D eigenvalue weighted by Gasteiger charge is 2.37. The van der Waals surface area contributed by atoms with Crippen LogP contribution >= 0.6 is 15.9 Å². The summed E-state index contributed by atoms with van der Waals surface area (Å²) in [6, 6.07) is 11.5. The van der Waals surface area contributed by atoms with E-state index in [0.29, 0.717) is 28.7 Å². The number of fused-ring (bicyclic) bond motifs is 10. The number of benzene rings is 3. The molecule has 0 saturated carbocycles. The number of allylic oxidation sites excluding steroid dienone is 1. The summed E-state index contributed by atoms with van der Waals surface area (Å²) in [7, 11) is 1.60. The lowest BCUT2D eigenvalue weighted by atomic mass is 9.96. The third-order valence-electron chi connectivity index (χ3n) is 7.01. The Labute approximate surface area is 201 Å². The fraction of sp³-hybridized carbons (Fsp3) is 0.154. The van der Waals surface area contributed by atoms with E-state index in [0.717, 1.165) is 42.7 Å². The number of hydrogen-bond acceptors (Lipinski definition) is 4. The second-order valence-electron chi connectivity index (χ2n) is 8.83. The molecule has 0 bridgehead atoms. The normalized spacial score (nSPS) is 19.7. The van der Waals surface area contributed by atoms with Gasteiger partial charge in [-0.05, 0) is 36.4 Å². The van der Waals surface area contributed by atoms with Gasteiger partial charge in [0, 0.05) is 43.5 Å². The van der Waals surface area contributed by atoms with E-state index < -0.39 is 17.9 Å². The van der Waals surface area contributed by atoms with Crippen molar-refractivity contribution in [3.63, 3.8) is 0 Å². The first-order valence-corrected chi connectivity index (χ1v) is 11.8. The fourth-order valence-electron chi connectivity index (χ4n) is 5.65. The van der Waals surface area contributed by atoms with Crippen molar-refractivity contribution in [2.24, 2.45) is 0 Å².